The monoisotopic (exact) mass is 410 g/mol. The summed E-state index contributed by atoms with van der Waals surface area (Å²) in [4.78, 5) is 13.4. The number of halogens is 2. The van der Waals surface area contributed by atoms with Gasteiger partial charge in [0, 0.05) is 24.7 Å². The van der Waals surface area contributed by atoms with Gasteiger partial charge >= 0.3 is 6.29 Å². The third-order valence-corrected chi connectivity index (χ3v) is 5.95. The molecular formula is C18H16F2N2O5S. The van der Waals surface area contributed by atoms with Gasteiger partial charge < -0.3 is 14.4 Å². The Morgan fingerprint density at radius 3 is 2.61 bits per heavy atom. The van der Waals surface area contributed by atoms with Crippen molar-refractivity contribution in [2.45, 2.75) is 37.5 Å². The molecule has 10 heteroatoms. The Bertz CT molecular complexity index is 1090. The number of carbonyl (C=O) groups is 1. The van der Waals surface area contributed by atoms with Gasteiger partial charge in [-0.1, -0.05) is 0 Å². The largest absolute Gasteiger partial charge is 0.586 e. The first-order chi connectivity index (χ1) is 13.1. The standard InChI is InChI=1S/C18H16F2N2O5S/c1-10-7-12-8-14(4-5-15(12)22(10)11(2)23)28(24,25)21-13-3-6-16-17(9-13)27-18(19,20)26-16/h3-6,8-10,21H,7H2,1-2H3. The molecule has 28 heavy (non-hydrogen) atoms. The predicted molar refractivity (Wildman–Crippen MR) is 96.2 cm³/mol. The number of hydrogen-bond donors (Lipinski definition) is 1. The zero-order chi connectivity index (χ0) is 20.3. The molecule has 1 atom stereocenters. The maximum absolute atomic E-state index is 13.1. The molecule has 0 radical (unpaired) electrons. The lowest BCUT2D eigenvalue weighted by Gasteiger charge is -2.20. The SMILES string of the molecule is CC(=O)N1c2ccc(S(=O)(=O)Nc3ccc4c(c3)OC(F)(F)O4)cc2CC1C. The number of rotatable bonds is 3. The lowest BCUT2D eigenvalue weighted by molar-refractivity contribution is -0.286. The number of benzene rings is 2. The Labute approximate surface area is 159 Å². The maximum atomic E-state index is 13.1. The van der Waals surface area contributed by atoms with Gasteiger partial charge in [0.1, 0.15) is 0 Å². The zero-order valence-electron chi connectivity index (χ0n) is 14.9. The van der Waals surface area contributed by atoms with E-state index in [1.54, 1.807) is 11.0 Å². The highest BCUT2D eigenvalue weighted by molar-refractivity contribution is 7.92. The van der Waals surface area contributed by atoms with Gasteiger partial charge in [0.2, 0.25) is 5.91 Å². The van der Waals surface area contributed by atoms with Gasteiger partial charge in [0.05, 0.1) is 10.6 Å². The zero-order valence-corrected chi connectivity index (χ0v) is 15.7. The topological polar surface area (TPSA) is 84.9 Å². The summed E-state index contributed by atoms with van der Waals surface area (Å²) in [7, 11) is -3.97. The first-order valence-corrected chi connectivity index (χ1v) is 9.89. The summed E-state index contributed by atoms with van der Waals surface area (Å²) < 4.78 is 62.6. The van der Waals surface area contributed by atoms with E-state index in [0.29, 0.717) is 12.1 Å². The average Bonchev–Trinajstić information content (AvgIpc) is 3.07. The van der Waals surface area contributed by atoms with Crippen LogP contribution < -0.4 is 19.1 Å². The van der Waals surface area contributed by atoms with Crippen molar-refractivity contribution in [1.29, 1.82) is 0 Å². The van der Waals surface area contributed by atoms with Crippen LogP contribution in [0.15, 0.2) is 41.3 Å². The Hall–Kier alpha value is -2.88. The summed E-state index contributed by atoms with van der Waals surface area (Å²) in [5.41, 5.74) is 1.49. The highest BCUT2D eigenvalue weighted by Gasteiger charge is 2.43. The molecule has 0 saturated carbocycles. The second-order valence-electron chi connectivity index (χ2n) is 6.67. The van der Waals surface area contributed by atoms with Gasteiger partial charge in [0.15, 0.2) is 11.5 Å². The number of sulfonamides is 1. The van der Waals surface area contributed by atoms with Gasteiger partial charge in [-0.15, -0.1) is 8.78 Å². The number of carbonyl (C=O) groups excluding carboxylic acids is 1. The minimum absolute atomic E-state index is 0.00634. The van der Waals surface area contributed by atoms with Crippen LogP contribution in [-0.4, -0.2) is 26.7 Å². The van der Waals surface area contributed by atoms with E-state index in [-0.39, 0.29) is 34.0 Å². The van der Waals surface area contributed by atoms with E-state index in [1.807, 2.05) is 6.92 Å². The normalized spacial score (nSPS) is 19.4. The number of fused-ring (bicyclic) bond motifs is 2. The highest BCUT2D eigenvalue weighted by atomic mass is 32.2. The van der Waals surface area contributed by atoms with E-state index in [0.717, 1.165) is 11.6 Å². The van der Waals surface area contributed by atoms with Crippen molar-refractivity contribution in [2.24, 2.45) is 0 Å². The van der Waals surface area contributed by atoms with Crippen LogP contribution in [0.3, 0.4) is 0 Å². The third kappa shape index (κ3) is 3.13. The Kier molecular flexibility index (Phi) is 4.00. The molecule has 1 N–H and O–H groups in total. The maximum Gasteiger partial charge on any atom is 0.586 e. The molecule has 0 aliphatic carbocycles. The highest BCUT2D eigenvalue weighted by Crippen LogP contribution is 2.42. The molecule has 0 aromatic heterocycles. The van der Waals surface area contributed by atoms with Crippen molar-refractivity contribution >= 4 is 27.3 Å². The van der Waals surface area contributed by atoms with Crippen LogP contribution in [0.5, 0.6) is 11.5 Å². The lowest BCUT2D eigenvalue weighted by Crippen LogP contribution is -2.33. The van der Waals surface area contributed by atoms with Crippen molar-refractivity contribution in [2.75, 3.05) is 9.62 Å². The molecular weight excluding hydrogens is 394 g/mol. The third-order valence-electron chi connectivity index (χ3n) is 4.57. The molecule has 0 spiro atoms. The number of ether oxygens (including phenoxy) is 2. The molecule has 0 saturated heterocycles. The first kappa shape index (κ1) is 18.5. The van der Waals surface area contributed by atoms with E-state index in [1.165, 1.54) is 31.2 Å². The van der Waals surface area contributed by atoms with E-state index >= 15 is 0 Å². The molecule has 4 rings (SSSR count). The molecule has 2 aliphatic rings. The van der Waals surface area contributed by atoms with Crippen molar-refractivity contribution in [1.82, 2.24) is 0 Å². The van der Waals surface area contributed by atoms with Gasteiger partial charge in [-0.05, 0) is 49.2 Å². The summed E-state index contributed by atoms with van der Waals surface area (Å²) in [5.74, 6) is -0.550. The van der Waals surface area contributed by atoms with Crippen LogP contribution in [0, 0.1) is 0 Å². The van der Waals surface area contributed by atoms with Crippen LogP contribution in [-0.2, 0) is 21.2 Å². The second-order valence-corrected chi connectivity index (χ2v) is 8.35. The molecule has 2 aromatic carbocycles. The fourth-order valence-corrected chi connectivity index (χ4v) is 4.58. The fraction of sp³-hybridized carbons (Fsp3) is 0.278. The van der Waals surface area contributed by atoms with Crippen LogP contribution in [0.1, 0.15) is 19.4 Å². The molecule has 2 heterocycles. The summed E-state index contributed by atoms with van der Waals surface area (Å²) in [5, 5.41) is 0. The van der Waals surface area contributed by atoms with Gasteiger partial charge in [-0.2, -0.15) is 0 Å². The Morgan fingerprint density at radius 1 is 1.18 bits per heavy atom. The van der Waals surface area contributed by atoms with E-state index < -0.39 is 16.3 Å². The average molecular weight is 410 g/mol. The molecule has 148 valence electrons. The Balaban J connectivity index is 1.61. The van der Waals surface area contributed by atoms with Crippen molar-refractivity contribution in [3.05, 3.63) is 42.0 Å². The van der Waals surface area contributed by atoms with Gasteiger partial charge in [-0.3, -0.25) is 9.52 Å². The smallest absolute Gasteiger partial charge is 0.395 e. The van der Waals surface area contributed by atoms with E-state index in [9.17, 15) is 22.0 Å². The summed E-state index contributed by atoms with van der Waals surface area (Å²) in [6.07, 6.45) is -3.24. The van der Waals surface area contributed by atoms with Gasteiger partial charge in [0.25, 0.3) is 10.0 Å². The molecule has 1 unspecified atom stereocenters. The van der Waals surface area contributed by atoms with E-state index in [4.69, 9.17) is 0 Å². The van der Waals surface area contributed by atoms with Crippen LogP contribution in [0.4, 0.5) is 20.2 Å². The molecule has 2 aromatic rings. The van der Waals surface area contributed by atoms with Crippen molar-refractivity contribution in [3.63, 3.8) is 0 Å². The number of nitrogens with zero attached hydrogens (tertiary/aromatic N) is 1. The number of alkyl halides is 2. The summed E-state index contributed by atoms with van der Waals surface area (Å²) >= 11 is 0. The lowest BCUT2D eigenvalue weighted by atomic mass is 10.1. The number of hydrogen-bond acceptors (Lipinski definition) is 5. The van der Waals surface area contributed by atoms with Crippen LogP contribution in [0.25, 0.3) is 0 Å². The fourth-order valence-electron chi connectivity index (χ4n) is 3.48. The second kappa shape index (κ2) is 6.06. The molecule has 0 fully saturated rings. The predicted octanol–water partition coefficient (Wildman–Crippen LogP) is 3.11. The van der Waals surface area contributed by atoms with Gasteiger partial charge in [-0.25, -0.2) is 8.42 Å². The van der Waals surface area contributed by atoms with Crippen molar-refractivity contribution < 1.29 is 31.5 Å². The summed E-state index contributed by atoms with van der Waals surface area (Å²) in [6.45, 7) is 3.34. The molecule has 7 nitrogen and oxygen atoms in total. The number of anilines is 2. The molecule has 0 bridgehead atoms. The number of nitrogens with one attached hydrogen (secondary N) is 1. The molecule has 2 aliphatic heterocycles. The minimum atomic E-state index is -3.97. The number of amides is 1. The quantitative estimate of drug-likeness (QED) is 0.841. The summed E-state index contributed by atoms with van der Waals surface area (Å²) in [6, 6.07) is 8.07. The minimum Gasteiger partial charge on any atom is -0.395 e. The molecule has 1 amide bonds. The van der Waals surface area contributed by atoms with Crippen LogP contribution >= 0.6 is 0 Å². The van der Waals surface area contributed by atoms with Crippen LogP contribution in [0.2, 0.25) is 0 Å². The first-order valence-electron chi connectivity index (χ1n) is 8.41. The van der Waals surface area contributed by atoms with Crippen molar-refractivity contribution in [3.8, 4) is 11.5 Å². The Morgan fingerprint density at radius 2 is 1.89 bits per heavy atom. The van der Waals surface area contributed by atoms with E-state index in [2.05, 4.69) is 14.2 Å².